The van der Waals surface area contributed by atoms with Gasteiger partial charge in [-0.05, 0) is 13.8 Å². The van der Waals surface area contributed by atoms with Crippen LogP contribution in [0.2, 0.25) is 0 Å². The Kier molecular flexibility index (Phi) is 16.5. The number of nitrogens with one attached hydrogen (secondary N) is 6. The van der Waals surface area contributed by atoms with Gasteiger partial charge in [0.2, 0.25) is 18.0 Å². The summed E-state index contributed by atoms with van der Waals surface area (Å²) in [4.78, 5) is 72.7. The van der Waals surface area contributed by atoms with Gasteiger partial charge in [0.25, 0.3) is 19.2 Å². The van der Waals surface area contributed by atoms with Crippen LogP contribution >= 0.6 is 0 Å². The van der Waals surface area contributed by atoms with Crippen LogP contribution in [-0.2, 0) is 18.9 Å². The number of nitrogens with two attached hydrogens (primary N) is 1. The number of carbonyl (C=O) groups excluding carboxylic acids is 3. The molecule has 0 fully saturated rings. The zero-order chi connectivity index (χ0) is 27.3. The van der Waals surface area contributed by atoms with Crippen LogP contribution in [0.3, 0.4) is 0 Å². The van der Waals surface area contributed by atoms with Crippen LogP contribution in [0.25, 0.3) is 0 Å². The third kappa shape index (κ3) is 17.0. The van der Waals surface area contributed by atoms with E-state index in [0.717, 1.165) is 0 Å². The summed E-state index contributed by atoms with van der Waals surface area (Å²) in [6, 6.07) is 2.00. The van der Waals surface area contributed by atoms with Crippen molar-refractivity contribution < 1.29 is 28.5 Å². The van der Waals surface area contributed by atoms with Crippen molar-refractivity contribution in [3.05, 3.63) is 44.2 Å². The maximum atomic E-state index is 11.3. The Morgan fingerprint density at radius 1 is 1.11 bits per heavy atom. The molecule has 0 aromatic carbocycles. The summed E-state index contributed by atoms with van der Waals surface area (Å²) in [5, 5.41) is 6.65. The minimum atomic E-state index is -0.891. The van der Waals surface area contributed by atoms with Crippen LogP contribution < -0.4 is 38.3 Å². The SMILES string of the molecule is Cc1cc(=O)[nH]c(N)n1.[B]OC(=O)NCNC(=O)Nc1nc(C)cc(=O)[nH]1.[B]OCONCN=C=O. The summed E-state index contributed by atoms with van der Waals surface area (Å²) in [6.45, 7) is 3.09. The molecule has 20 heteroatoms. The highest BCUT2D eigenvalue weighted by molar-refractivity contribution is 6.05. The molecule has 0 unspecified atom stereocenters. The van der Waals surface area contributed by atoms with Crippen molar-refractivity contribution in [3.63, 3.8) is 0 Å². The van der Waals surface area contributed by atoms with Crippen molar-refractivity contribution in [2.45, 2.75) is 13.8 Å². The summed E-state index contributed by atoms with van der Waals surface area (Å²) in [6.07, 6.45) is 0.414. The highest BCUT2D eigenvalue weighted by Crippen LogP contribution is 1.94. The molecule has 190 valence electrons. The normalized spacial score (nSPS) is 9.17. The molecule has 36 heavy (non-hydrogen) atoms. The number of hydrogen-bond acceptors (Lipinski definition) is 13. The topological polar surface area (TPSA) is 257 Å². The van der Waals surface area contributed by atoms with Gasteiger partial charge >= 0.3 is 20.2 Å². The summed E-state index contributed by atoms with van der Waals surface area (Å²) in [5.74, 6) is 0.166. The number of aryl methyl sites for hydroxylation is 2. The number of nitrogen functional groups attached to an aromatic ring is 1. The van der Waals surface area contributed by atoms with Crippen LogP contribution in [0.1, 0.15) is 11.4 Å². The van der Waals surface area contributed by atoms with Gasteiger partial charge in [0, 0.05) is 23.5 Å². The Morgan fingerprint density at radius 3 is 2.28 bits per heavy atom. The largest absolute Gasteiger partial charge is 0.528 e. The molecule has 2 aromatic heterocycles. The average Bonchev–Trinajstić information content (AvgIpc) is 2.78. The lowest BCUT2D eigenvalue weighted by Gasteiger charge is -2.07. The molecule has 2 heterocycles. The maximum absolute atomic E-state index is 11.3. The molecule has 0 aliphatic rings. The molecule has 0 saturated heterocycles. The highest BCUT2D eigenvalue weighted by Gasteiger charge is 2.04. The van der Waals surface area contributed by atoms with E-state index in [0.29, 0.717) is 11.4 Å². The van der Waals surface area contributed by atoms with E-state index in [9.17, 15) is 24.0 Å². The fraction of sp³-hybridized carbons (Fsp3) is 0.312. The molecule has 2 rings (SSSR count). The van der Waals surface area contributed by atoms with Gasteiger partial charge in [-0.1, -0.05) is 0 Å². The van der Waals surface area contributed by atoms with Crippen molar-refractivity contribution in [1.82, 2.24) is 36.0 Å². The van der Waals surface area contributed by atoms with E-state index in [1.807, 2.05) is 0 Å². The number of H-pyrrole nitrogens is 2. The van der Waals surface area contributed by atoms with Crippen LogP contribution in [0.15, 0.2) is 26.7 Å². The van der Waals surface area contributed by atoms with Gasteiger partial charge < -0.3 is 25.7 Å². The number of aliphatic imine (C=N–C) groups is 1. The molecular formula is C16H22B2N10O8. The van der Waals surface area contributed by atoms with E-state index in [1.54, 1.807) is 13.8 Å². The lowest BCUT2D eigenvalue weighted by Crippen LogP contribution is -2.39. The molecule has 18 nitrogen and oxygen atoms in total. The van der Waals surface area contributed by atoms with E-state index in [2.05, 4.69) is 76.6 Å². The summed E-state index contributed by atoms with van der Waals surface area (Å²) >= 11 is 0. The zero-order valence-electron chi connectivity index (χ0n) is 19.1. The molecule has 8 N–H and O–H groups in total. The van der Waals surface area contributed by atoms with Crippen molar-refractivity contribution in [2.24, 2.45) is 4.99 Å². The summed E-state index contributed by atoms with van der Waals surface area (Å²) in [7, 11) is 9.13. The second-order valence-electron chi connectivity index (χ2n) is 5.88. The number of hydrogen-bond donors (Lipinski definition) is 7. The minimum absolute atomic E-state index is 0.00102. The quantitative estimate of drug-likeness (QED) is 0.0491. The summed E-state index contributed by atoms with van der Waals surface area (Å²) in [5.41, 5.74) is 7.94. The van der Waals surface area contributed by atoms with E-state index in [-0.39, 0.29) is 43.1 Å². The first-order valence-corrected chi connectivity index (χ1v) is 9.42. The number of nitrogens with zero attached hydrogens (tertiary/aromatic N) is 3. The van der Waals surface area contributed by atoms with Crippen LogP contribution in [0.5, 0.6) is 0 Å². The fourth-order valence-corrected chi connectivity index (χ4v) is 1.82. The standard InChI is InChI=1S/C8H10BN5O4.C5H7N3O.C3H5BN2O3/c1-4-2-5(15)13-6(12-4)14-7(16)10-3-11-8(17)18-9;1-3-2-4(9)8-5(6)7-3;4-8-3-9-6-1-5-2-7/h2H,3H2,1H3,(H,11,17)(H3,10,12,13,14,15,16);2H,1H3,(H3,6,7,8,9);6H,1,3H2. The molecular weight excluding hydrogens is 482 g/mol. The number of anilines is 2. The second kappa shape index (κ2) is 18.9. The highest BCUT2D eigenvalue weighted by atomic mass is 16.7. The lowest BCUT2D eigenvalue weighted by atomic mass is 10.4. The number of isocyanates is 1. The Bertz CT molecular complexity index is 1100. The molecule has 2 aromatic rings. The van der Waals surface area contributed by atoms with Crippen molar-refractivity contribution >= 4 is 46.2 Å². The molecule has 4 radical (unpaired) electrons. The number of aromatic amines is 2. The molecule has 0 spiro atoms. The molecule has 0 bridgehead atoms. The van der Waals surface area contributed by atoms with Gasteiger partial charge in [0.1, 0.15) is 6.67 Å². The van der Waals surface area contributed by atoms with Gasteiger partial charge in [-0.2, -0.15) is 10.5 Å². The number of rotatable bonds is 8. The van der Waals surface area contributed by atoms with Crippen LogP contribution in [0.4, 0.5) is 21.5 Å². The predicted molar refractivity (Wildman–Crippen MR) is 125 cm³/mol. The molecule has 0 aliphatic carbocycles. The zero-order valence-corrected chi connectivity index (χ0v) is 19.1. The van der Waals surface area contributed by atoms with Gasteiger partial charge in [0.15, 0.2) is 6.79 Å². The Labute approximate surface area is 205 Å². The van der Waals surface area contributed by atoms with Gasteiger partial charge in [-0.25, -0.2) is 24.4 Å². The van der Waals surface area contributed by atoms with Gasteiger partial charge in [-0.15, -0.1) is 0 Å². The number of urea groups is 1. The molecule has 0 atom stereocenters. The number of amides is 3. The Balaban J connectivity index is 0.000000570. The third-order valence-electron chi connectivity index (χ3n) is 3.02. The van der Waals surface area contributed by atoms with E-state index >= 15 is 0 Å². The number of aromatic nitrogens is 4. The number of carbonyl (C=O) groups is 2. The first kappa shape index (κ1) is 31.5. The molecule has 3 amide bonds. The van der Waals surface area contributed by atoms with E-state index in [1.165, 1.54) is 18.2 Å². The average molecular weight is 504 g/mol. The maximum Gasteiger partial charge on any atom is 0.389 e. The number of hydroxylamine groups is 1. The predicted octanol–water partition coefficient (Wildman–Crippen LogP) is -2.51. The third-order valence-corrected chi connectivity index (χ3v) is 3.02. The molecule has 0 aliphatic heterocycles. The lowest BCUT2D eigenvalue weighted by molar-refractivity contribution is -0.0427. The first-order valence-electron chi connectivity index (χ1n) is 9.42. The van der Waals surface area contributed by atoms with Crippen molar-refractivity contribution in [3.8, 4) is 0 Å². The molecule has 0 saturated carbocycles. The van der Waals surface area contributed by atoms with Gasteiger partial charge in [-0.3, -0.25) is 29.7 Å². The first-order chi connectivity index (χ1) is 17.1. The van der Waals surface area contributed by atoms with Crippen molar-refractivity contribution in [2.75, 3.05) is 31.2 Å². The van der Waals surface area contributed by atoms with Crippen molar-refractivity contribution in [1.29, 1.82) is 0 Å². The van der Waals surface area contributed by atoms with Gasteiger partial charge in [0.05, 0.1) is 6.67 Å². The second-order valence-corrected chi connectivity index (χ2v) is 5.88. The summed E-state index contributed by atoms with van der Waals surface area (Å²) < 4.78 is 7.80. The van der Waals surface area contributed by atoms with Crippen LogP contribution in [-0.4, -0.2) is 74.4 Å². The monoisotopic (exact) mass is 504 g/mol. The van der Waals surface area contributed by atoms with Crippen LogP contribution in [0, 0.1) is 13.8 Å². The Morgan fingerprint density at radius 2 is 1.75 bits per heavy atom. The van der Waals surface area contributed by atoms with E-state index < -0.39 is 12.1 Å². The smallest absolute Gasteiger partial charge is 0.389 e. The van der Waals surface area contributed by atoms with E-state index in [4.69, 9.17) is 5.73 Å². The Hall–Kier alpha value is -4.51. The fourth-order valence-electron chi connectivity index (χ4n) is 1.82. The minimum Gasteiger partial charge on any atom is -0.528 e.